The number of aryl methyl sites for hydroxylation is 3. The molecule has 1 aliphatic rings. The van der Waals surface area contributed by atoms with Crippen molar-refractivity contribution in [2.45, 2.75) is 33.2 Å². The lowest BCUT2D eigenvalue weighted by molar-refractivity contribution is -0.117. The van der Waals surface area contributed by atoms with Crippen molar-refractivity contribution in [3.8, 4) is 6.07 Å². The highest BCUT2D eigenvalue weighted by Gasteiger charge is 2.34. The van der Waals surface area contributed by atoms with Gasteiger partial charge in [0.25, 0.3) is 0 Å². The average Bonchev–Trinajstić information content (AvgIpc) is 2.88. The standard InChI is InChI=1S/C18H19N5O/c1-11-6-12(2)17(13(3)7-11)23-5-4-15(18(23)24)22-16-10-20-14(8-19)9-21-16/h6-7,9-10,15H,4-5H2,1-3H3,(H,21,22). The number of hydrogen-bond acceptors (Lipinski definition) is 5. The van der Waals surface area contributed by atoms with Crippen LogP contribution in [0.5, 0.6) is 0 Å². The molecule has 0 aliphatic carbocycles. The van der Waals surface area contributed by atoms with E-state index in [0.29, 0.717) is 18.8 Å². The first-order valence-corrected chi connectivity index (χ1v) is 7.87. The van der Waals surface area contributed by atoms with Crippen LogP contribution in [0.25, 0.3) is 0 Å². The summed E-state index contributed by atoms with van der Waals surface area (Å²) in [5, 5.41) is 11.9. The molecule has 2 heterocycles. The molecule has 1 aromatic carbocycles. The third kappa shape index (κ3) is 2.93. The van der Waals surface area contributed by atoms with E-state index in [1.165, 1.54) is 18.0 Å². The molecule has 1 saturated heterocycles. The number of rotatable bonds is 3. The van der Waals surface area contributed by atoms with E-state index < -0.39 is 0 Å². The van der Waals surface area contributed by atoms with Gasteiger partial charge in [0.05, 0.1) is 12.4 Å². The fourth-order valence-electron chi connectivity index (χ4n) is 3.27. The van der Waals surface area contributed by atoms with Crippen LogP contribution in [0.15, 0.2) is 24.5 Å². The lowest BCUT2D eigenvalue weighted by Crippen LogP contribution is -2.34. The summed E-state index contributed by atoms with van der Waals surface area (Å²) in [6, 6.07) is 5.80. The number of anilines is 2. The van der Waals surface area contributed by atoms with Crippen molar-refractivity contribution in [1.29, 1.82) is 5.26 Å². The van der Waals surface area contributed by atoms with Crippen LogP contribution in [0.4, 0.5) is 11.5 Å². The number of amides is 1. The summed E-state index contributed by atoms with van der Waals surface area (Å²) in [7, 11) is 0. The Morgan fingerprint density at radius 3 is 2.50 bits per heavy atom. The third-order valence-electron chi connectivity index (χ3n) is 4.20. The van der Waals surface area contributed by atoms with E-state index in [2.05, 4.69) is 34.3 Å². The minimum atomic E-state index is -0.327. The van der Waals surface area contributed by atoms with Crippen molar-refractivity contribution in [2.24, 2.45) is 0 Å². The normalized spacial score (nSPS) is 17.0. The Balaban J connectivity index is 1.79. The molecule has 122 valence electrons. The predicted molar refractivity (Wildman–Crippen MR) is 91.8 cm³/mol. The number of nitrogens with zero attached hydrogens (tertiary/aromatic N) is 4. The van der Waals surface area contributed by atoms with Gasteiger partial charge >= 0.3 is 0 Å². The molecular formula is C18H19N5O. The number of nitrogens with one attached hydrogen (secondary N) is 1. The Hall–Kier alpha value is -2.94. The molecule has 1 aliphatic heterocycles. The molecular weight excluding hydrogens is 302 g/mol. The van der Waals surface area contributed by atoms with Crippen LogP contribution in [-0.4, -0.2) is 28.5 Å². The van der Waals surface area contributed by atoms with Gasteiger partial charge in [-0.05, 0) is 38.3 Å². The third-order valence-corrected chi connectivity index (χ3v) is 4.20. The summed E-state index contributed by atoms with van der Waals surface area (Å²) in [6.45, 7) is 6.80. The lowest BCUT2D eigenvalue weighted by Gasteiger charge is -2.22. The fraction of sp³-hybridized carbons (Fsp3) is 0.333. The molecule has 1 fully saturated rings. The maximum absolute atomic E-state index is 12.8. The van der Waals surface area contributed by atoms with Gasteiger partial charge in [-0.1, -0.05) is 17.7 Å². The Bertz CT molecular complexity index is 799. The summed E-state index contributed by atoms with van der Waals surface area (Å²) in [5.41, 5.74) is 4.67. The van der Waals surface area contributed by atoms with Crippen LogP contribution in [-0.2, 0) is 4.79 Å². The second kappa shape index (κ2) is 6.28. The first-order chi connectivity index (χ1) is 11.5. The van der Waals surface area contributed by atoms with E-state index >= 15 is 0 Å². The highest BCUT2D eigenvalue weighted by atomic mass is 16.2. The van der Waals surface area contributed by atoms with Gasteiger partial charge in [-0.25, -0.2) is 9.97 Å². The molecule has 1 amide bonds. The number of aromatic nitrogens is 2. The molecule has 1 unspecified atom stereocenters. The predicted octanol–water partition coefficient (Wildman–Crippen LogP) is 2.49. The number of carbonyl (C=O) groups is 1. The van der Waals surface area contributed by atoms with Gasteiger partial charge in [0.2, 0.25) is 5.91 Å². The van der Waals surface area contributed by atoms with Crippen LogP contribution in [0, 0.1) is 32.1 Å². The van der Waals surface area contributed by atoms with Gasteiger partial charge < -0.3 is 10.2 Å². The topological polar surface area (TPSA) is 81.9 Å². The van der Waals surface area contributed by atoms with E-state index in [-0.39, 0.29) is 17.6 Å². The molecule has 3 rings (SSSR count). The summed E-state index contributed by atoms with van der Waals surface area (Å²) >= 11 is 0. The zero-order chi connectivity index (χ0) is 17.3. The molecule has 1 aromatic heterocycles. The Morgan fingerprint density at radius 1 is 1.21 bits per heavy atom. The summed E-state index contributed by atoms with van der Waals surface area (Å²) in [6.07, 6.45) is 3.58. The SMILES string of the molecule is Cc1cc(C)c(N2CCC(Nc3cnc(C#N)cn3)C2=O)c(C)c1. The summed E-state index contributed by atoms with van der Waals surface area (Å²) < 4.78 is 0. The van der Waals surface area contributed by atoms with E-state index in [0.717, 1.165) is 16.8 Å². The summed E-state index contributed by atoms with van der Waals surface area (Å²) in [4.78, 5) is 22.7. The van der Waals surface area contributed by atoms with Crippen molar-refractivity contribution < 1.29 is 4.79 Å². The second-order valence-electron chi connectivity index (χ2n) is 6.12. The van der Waals surface area contributed by atoms with E-state index in [1.54, 1.807) is 0 Å². The van der Waals surface area contributed by atoms with Crippen molar-refractivity contribution in [1.82, 2.24) is 9.97 Å². The first-order valence-electron chi connectivity index (χ1n) is 7.87. The van der Waals surface area contributed by atoms with Gasteiger partial charge in [0.15, 0.2) is 5.69 Å². The zero-order valence-corrected chi connectivity index (χ0v) is 14.0. The number of hydrogen-bond donors (Lipinski definition) is 1. The molecule has 0 saturated carbocycles. The van der Waals surface area contributed by atoms with Crippen molar-refractivity contribution in [2.75, 3.05) is 16.8 Å². The number of benzene rings is 1. The van der Waals surface area contributed by atoms with Crippen LogP contribution in [0.1, 0.15) is 28.8 Å². The van der Waals surface area contributed by atoms with Crippen LogP contribution < -0.4 is 10.2 Å². The van der Waals surface area contributed by atoms with E-state index in [9.17, 15) is 4.79 Å². The highest BCUT2D eigenvalue weighted by molar-refractivity contribution is 6.02. The Labute approximate surface area is 141 Å². The molecule has 2 aromatic rings. The molecule has 6 heteroatoms. The quantitative estimate of drug-likeness (QED) is 0.939. The van der Waals surface area contributed by atoms with Gasteiger partial charge in [0, 0.05) is 12.2 Å². The van der Waals surface area contributed by atoms with Crippen molar-refractivity contribution in [3.63, 3.8) is 0 Å². The van der Waals surface area contributed by atoms with Crippen LogP contribution in [0.3, 0.4) is 0 Å². The molecule has 1 N–H and O–H groups in total. The van der Waals surface area contributed by atoms with Crippen molar-refractivity contribution >= 4 is 17.4 Å². The maximum Gasteiger partial charge on any atom is 0.249 e. The maximum atomic E-state index is 12.8. The number of nitriles is 1. The second-order valence-corrected chi connectivity index (χ2v) is 6.12. The largest absolute Gasteiger partial charge is 0.357 e. The smallest absolute Gasteiger partial charge is 0.249 e. The molecule has 0 spiro atoms. The van der Waals surface area contributed by atoms with Gasteiger partial charge in [-0.2, -0.15) is 5.26 Å². The minimum absolute atomic E-state index is 0.0382. The van der Waals surface area contributed by atoms with Gasteiger partial charge in [-0.3, -0.25) is 4.79 Å². The Morgan fingerprint density at radius 2 is 1.92 bits per heavy atom. The molecule has 0 radical (unpaired) electrons. The van der Waals surface area contributed by atoms with Gasteiger partial charge in [-0.15, -0.1) is 0 Å². The van der Waals surface area contributed by atoms with E-state index in [4.69, 9.17) is 5.26 Å². The van der Waals surface area contributed by atoms with E-state index in [1.807, 2.05) is 24.8 Å². The van der Waals surface area contributed by atoms with Crippen molar-refractivity contribution in [3.05, 3.63) is 46.9 Å². The first kappa shape index (κ1) is 15.9. The molecule has 0 bridgehead atoms. The molecule has 6 nitrogen and oxygen atoms in total. The molecule has 1 atom stereocenters. The lowest BCUT2D eigenvalue weighted by atomic mass is 10.0. The molecule has 24 heavy (non-hydrogen) atoms. The zero-order valence-electron chi connectivity index (χ0n) is 14.0. The summed E-state index contributed by atoms with van der Waals surface area (Å²) in [5.74, 6) is 0.544. The fourth-order valence-corrected chi connectivity index (χ4v) is 3.27. The van der Waals surface area contributed by atoms with Gasteiger partial charge in [0.1, 0.15) is 17.9 Å². The minimum Gasteiger partial charge on any atom is -0.357 e. The monoisotopic (exact) mass is 321 g/mol. The Kier molecular flexibility index (Phi) is 4.17. The highest BCUT2D eigenvalue weighted by Crippen LogP contribution is 2.30. The number of carbonyl (C=O) groups excluding carboxylic acids is 1. The average molecular weight is 321 g/mol. The van der Waals surface area contributed by atoms with Crippen LogP contribution in [0.2, 0.25) is 0 Å². The van der Waals surface area contributed by atoms with Crippen LogP contribution >= 0.6 is 0 Å².